The van der Waals surface area contributed by atoms with E-state index in [9.17, 15) is 0 Å². The zero-order valence-electron chi connectivity index (χ0n) is 17.3. The van der Waals surface area contributed by atoms with Crippen LogP contribution in [0.25, 0.3) is 0 Å². The topological polar surface area (TPSA) is 58.3 Å². The van der Waals surface area contributed by atoms with E-state index in [0.717, 1.165) is 50.2 Å². The van der Waals surface area contributed by atoms with Gasteiger partial charge in [0.1, 0.15) is 11.6 Å². The number of rotatable bonds is 3. The van der Waals surface area contributed by atoms with Crippen LogP contribution in [0.1, 0.15) is 57.1 Å². The van der Waals surface area contributed by atoms with Gasteiger partial charge >= 0.3 is 0 Å². The van der Waals surface area contributed by atoms with Gasteiger partial charge in [-0.3, -0.25) is 4.99 Å². The monoisotopic (exact) mass is 518 g/mol. The molecule has 1 spiro atoms. The highest BCUT2D eigenvalue weighted by Crippen LogP contribution is 2.42. The second-order valence-corrected chi connectivity index (χ2v) is 9.95. The van der Waals surface area contributed by atoms with Gasteiger partial charge in [-0.15, -0.1) is 34.2 Å². The molecule has 6 nitrogen and oxygen atoms in total. The Morgan fingerprint density at radius 3 is 2.89 bits per heavy atom. The van der Waals surface area contributed by atoms with Gasteiger partial charge in [0, 0.05) is 49.6 Å². The fourth-order valence-corrected chi connectivity index (χ4v) is 6.41. The summed E-state index contributed by atoms with van der Waals surface area (Å²) in [5.41, 5.74) is 0. The third-order valence-corrected chi connectivity index (χ3v) is 7.91. The van der Waals surface area contributed by atoms with Crippen LogP contribution in [-0.2, 0) is 13.0 Å². The van der Waals surface area contributed by atoms with Gasteiger partial charge in [0.2, 0.25) is 0 Å². The molecule has 1 saturated carbocycles. The van der Waals surface area contributed by atoms with E-state index in [1.54, 1.807) is 0 Å². The predicted octanol–water partition coefficient (Wildman–Crippen LogP) is 3.48. The number of halogens is 1. The van der Waals surface area contributed by atoms with E-state index in [1.807, 2.05) is 0 Å². The van der Waals surface area contributed by atoms with Crippen LogP contribution >= 0.6 is 35.7 Å². The summed E-state index contributed by atoms with van der Waals surface area (Å²) in [6.07, 6.45) is 9.18. The van der Waals surface area contributed by atoms with Gasteiger partial charge in [-0.1, -0.05) is 19.3 Å². The molecule has 1 aliphatic carbocycles. The Morgan fingerprint density at radius 2 is 2.11 bits per heavy atom. The Morgan fingerprint density at radius 1 is 1.29 bits per heavy atom. The maximum atomic E-state index is 5.09. The molecule has 0 aromatic carbocycles. The molecule has 1 atom stereocenters. The Kier molecular flexibility index (Phi) is 7.92. The molecule has 28 heavy (non-hydrogen) atoms. The maximum Gasteiger partial charge on any atom is 0.193 e. The van der Waals surface area contributed by atoms with Crippen molar-refractivity contribution in [1.82, 2.24) is 25.0 Å². The molecule has 0 radical (unpaired) electrons. The number of hydrogen-bond donors (Lipinski definition) is 1. The lowest BCUT2D eigenvalue weighted by Crippen LogP contribution is -2.53. The van der Waals surface area contributed by atoms with Crippen molar-refractivity contribution in [3.8, 4) is 0 Å². The van der Waals surface area contributed by atoms with Gasteiger partial charge in [0.05, 0.1) is 0 Å². The molecule has 2 aliphatic heterocycles. The summed E-state index contributed by atoms with van der Waals surface area (Å²) in [6, 6.07) is 0. The Balaban J connectivity index is 0.00000225. The van der Waals surface area contributed by atoms with Gasteiger partial charge < -0.3 is 14.8 Å². The Labute approximate surface area is 190 Å². The molecule has 158 valence electrons. The molecule has 2 fully saturated rings. The quantitative estimate of drug-likeness (QED) is 0.377. The van der Waals surface area contributed by atoms with Crippen LogP contribution in [0.5, 0.6) is 0 Å². The van der Waals surface area contributed by atoms with Crippen molar-refractivity contribution in [1.29, 1.82) is 0 Å². The van der Waals surface area contributed by atoms with E-state index in [0.29, 0.717) is 10.7 Å². The lowest BCUT2D eigenvalue weighted by Gasteiger charge is -2.45. The van der Waals surface area contributed by atoms with Crippen LogP contribution in [0, 0.1) is 12.8 Å². The zero-order chi connectivity index (χ0) is 18.7. The van der Waals surface area contributed by atoms with Crippen LogP contribution in [0.2, 0.25) is 0 Å². The van der Waals surface area contributed by atoms with Gasteiger partial charge in [-0.25, -0.2) is 0 Å². The number of nitrogens with one attached hydrogen (secondary N) is 1. The van der Waals surface area contributed by atoms with Crippen molar-refractivity contribution < 1.29 is 0 Å². The molecule has 3 aliphatic rings. The van der Waals surface area contributed by atoms with Crippen molar-refractivity contribution in [3.63, 3.8) is 0 Å². The molecule has 1 aromatic rings. The standard InChI is InChI=1S/C20H34N6S.HI/c1-3-21-19(25-11-12-27-20(15-25)9-5-4-6-10-20)22-13-17-7-8-18-24-23-16(2)26(18)14-17;/h17H,3-15H2,1-2H3,(H,21,22);1H. The first-order chi connectivity index (χ1) is 13.2. The van der Waals surface area contributed by atoms with Crippen LogP contribution < -0.4 is 5.32 Å². The largest absolute Gasteiger partial charge is 0.357 e. The summed E-state index contributed by atoms with van der Waals surface area (Å²) < 4.78 is 2.76. The minimum atomic E-state index is 0. The van der Waals surface area contributed by atoms with E-state index in [4.69, 9.17) is 4.99 Å². The fraction of sp³-hybridized carbons (Fsp3) is 0.850. The van der Waals surface area contributed by atoms with Crippen LogP contribution in [0.4, 0.5) is 0 Å². The molecule has 3 heterocycles. The Hall–Kier alpha value is -0.510. The van der Waals surface area contributed by atoms with E-state index in [2.05, 4.69) is 50.6 Å². The third-order valence-electron chi connectivity index (χ3n) is 6.38. The summed E-state index contributed by atoms with van der Waals surface area (Å²) in [5, 5.41) is 12.1. The number of aromatic nitrogens is 3. The number of nitrogens with zero attached hydrogens (tertiary/aromatic N) is 5. The summed E-state index contributed by atoms with van der Waals surface area (Å²) in [4.78, 5) is 7.64. The molecule has 1 N–H and O–H groups in total. The first-order valence-electron chi connectivity index (χ1n) is 10.7. The molecule has 4 rings (SSSR count). The molecule has 1 unspecified atom stereocenters. The smallest absolute Gasteiger partial charge is 0.193 e. The van der Waals surface area contributed by atoms with E-state index >= 15 is 0 Å². The van der Waals surface area contributed by atoms with Crippen LogP contribution in [0.15, 0.2) is 4.99 Å². The maximum absolute atomic E-state index is 5.09. The second-order valence-electron chi connectivity index (χ2n) is 8.39. The minimum Gasteiger partial charge on any atom is -0.357 e. The minimum absolute atomic E-state index is 0. The Bertz CT molecular complexity index is 664. The lowest BCUT2D eigenvalue weighted by atomic mass is 9.87. The molecular weight excluding hydrogens is 483 g/mol. The van der Waals surface area contributed by atoms with Crippen molar-refractivity contribution in [2.75, 3.05) is 31.9 Å². The van der Waals surface area contributed by atoms with Crippen LogP contribution in [-0.4, -0.2) is 62.3 Å². The highest BCUT2D eigenvalue weighted by atomic mass is 127. The SMILES string of the molecule is CCNC(=NCC1CCc2nnc(C)n2C1)N1CCSC2(CCCCC2)C1.I. The number of aliphatic imine (C=N–C) groups is 1. The first-order valence-corrected chi connectivity index (χ1v) is 11.7. The van der Waals surface area contributed by atoms with Gasteiger partial charge in [0.25, 0.3) is 0 Å². The lowest BCUT2D eigenvalue weighted by molar-refractivity contribution is 0.292. The number of guanidine groups is 1. The van der Waals surface area contributed by atoms with Crippen molar-refractivity contribution in [2.24, 2.45) is 10.9 Å². The summed E-state index contributed by atoms with van der Waals surface area (Å²) in [5.74, 6) is 5.14. The number of hydrogen-bond acceptors (Lipinski definition) is 4. The van der Waals surface area contributed by atoms with Gasteiger partial charge in [0.15, 0.2) is 5.96 Å². The summed E-state index contributed by atoms with van der Waals surface area (Å²) >= 11 is 2.23. The molecular formula is C20H35IN6S. The third kappa shape index (κ3) is 4.96. The van der Waals surface area contributed by atoms with Gasteiger partial charge in [-0.05, 0) is 39.0 Å². The highest BCUT2D eigenvalue weighted by Gasteiger charge is 2.38. The van der Waals surface area contributed by atoms with Crippen molar-refractivity contribution in [2.45, 2.75) is 70.1 Å². The molecule has 1 saturated heterocycles. The van der Waals surface area contributed by atoms with Crippen molar-refractivity contribution >= 4 is 41.7 Å². The molecule has 0 bridgehead atoms. The molecule has 0 amide bonds. The van der Waals surface area contributed by atoms with Crippen molar-refractivity contribution in [3.05, 3.63) is 11.6 Å². The zero-order valence-corrected chi connectivity index (χ0v) is 20.5. The fourth-order valence-electron chi connectivity index (χ4n) is 4.84. The second kappa shape index (κ2) is 10.00. The average molecular weight is 519 g/mol. The molecule has 8 heteroatoms. The van der Waals surface area contributed by atoms with E-state index in [-0.39, 0.29) is 24.0 Å². The van der Waals surface area contributed by atoms with E-state index in [1.165, 1.54) is 50.8 Å². The first kappa shape index (κ1) is 22.2. The molecule has 1 aromatic heterocycles. The summed E-state index contributed by atoms with van der Waals surface area (Å²) in [6.45, 7) is 9.38. The summed E-state index contributed by atoms with van der Waals surface area (Å²) in [7, 11) is 0. The number of fused-ring (bicyclic) bond motifs is 1. The predicted molar refractivity (Wildman–Crippen MR) is 128 cm³/mol. The van der Waals surface area contributed by atoms with E-state index < -0.39 is 0 Å². The highest BCUT2D eigenvalue weighted by molar-refractivity contribution is 14.0. The average Bonchev–Trinajstić information content (AvgIpc) is 3.06. The number of aryl methyl sites for hydroxylation is 2. The van der Waals surface area contributed by atoms with Gasteiger partial charge in [-0.2, -0.15) is 11.8 Å². The normalized spacial score (nSPS) is 24.6. The van der Waals surface area contributed by atoms with Crippen LogP contribution in [0.3, 0.4) is 0 Å². The number of thioether (sulfide) groups is 1.